The van der Waals surface area contributed by atoms with Crippen LogP contribution in [0.3, 0.4) is 0 Å². The summed E-state index contributed by atoms with van der Waals surface area (Å²) in [5, 5.41) is 0. The van der Waals surface area contributed by atoms with Gasteiger partial charge in [-0.25, -0.2) is 4.57 Å². The van der Waals surface area contributed by atoms with E-state index in [1.807, 2.05) is 0 Å². The number of unbranched alkanes of at least 4 members (excludes halogenated alkanes) is 35. The highest BCUT2D eigenvalue weighted by atomic mass is 31.2. The van der Waals surface area contributed by atoms with Gasteiger partial charge in [-0.1, -0.05) is 267 Å². The van der Waals surface area contributed by atoms with Crippen molar-refractivity contribution >= 4 is 19.8 Å². The maximum absolute atomic E-state index is 12.7. The minimum atomic E-state index is -4.39. The van der Waals surface area contributed by atoms with Crippen LogP contribution >= 0.6 is 7.82 Å². The normalized spacial score (nSPS) is 13.4. The molecule has 0 aliphatic rings. The van der Waals surface area contributed by atoms with E-state index >= 15 is 0 Å². The zero-order chi connectivity index (χ0) is 53.1. The molecular formula is C63H116NO8P. The Kier molecular flexibility index (Phi) is 57.1. The molecule has 426 valence electrons. The van der Waals surface area contributed by atoms with Crippen LogP contribution in [0.15, 0.2) is 60.8 Å². The summed E-state index contributed by atoms with van der Waals surface area (Å²) >= 11 is 0. The molecule has 0 spiro atoms. The van der Waals surface area contributed by atoms with Gasteiger partial charge in [-0.3, -0.25) is 18.6 Å². The van der Waals surface area contributed by atoms with E-state index in [-0.39, 0.29) is 32.6 Å². The molecule has 0 radical (unpaired) electrons. The molecule has 2 atom stereocenters. The SMILES string of the molecule is CCC/C=C\C/C=C\CCCCCCCC(=O)OCC(COP(=O)(O)OCCN)OC(=O)CCCCCCCCCCCCCCCCCCCCCCCCCC/C=C\C/C=C\C/C=C\CCCCCCC. The van der Waals surface area contributed by atoms with E-state index in [1.54, 1.807) is 0 Å². The molecule has 0 rings (SSSR count). The smallest absolute Gasteiger partial charge is 0.462 e. The zero-order valence-electron chi connectivity index (χ0n) is 47.6. The van der Waals surface area contributed by atoms with E-state index in [0.29, 0.717) is 12.8 Å². The van der Waals surface area contributed by atoms with E-state index in [4.69, 9.17) is 24.3 Å². The zero-order valence-corrected chi connectivity index (χ0v) is 48.5. The van der Waals surface area contributed by atoms with Crippen LogP contribution in [0.1, 0.15) is 296 Å². The highest BCUT2D eigenvalue weighted by Crippen LogP contribution is 2.43. The van der Waals surface area contributed by atoms with Crippen LogP contribution in [0.25, 0.3) is 0 Å². The van der Waals surface area contributed by atoms with E-state index < -0.39 is 32.5 Å². The summed E-state index contributed by atoms with van der Waals surface area (Å²) in [4.78, 5) is 35.1. The highest BCUT2D eigenvalue weighted by molar-refractivity contribution is 7.47. The van der Waals surface area contributed by atoms with Gasteiger partial charge in [0.05, 0.1) is 13.2 Å². The molecule has 0 aromatic rings. The Labute approximate surface area is 450 Å². The van der Waals surface area contributed by atoms with Gasteiger partial charge < -0.3 is 20.1 Å². The number of ether oxygens (including phenoxy) is 2. The van der Waals surface area contributed by atoms with Gasteiger partial charge in [0.25, 0.3) is 0 Å². The fourth-order valence-electron chi connectivity index (χ4n) is 8.80. The van der Waals surface area contributed by atoms with Crippen LogP contribution in [0, 0.1) is 0 Å². The number of carbonyl (C=O) groups excluding carboxylic acids is 2. The minimum Gasteiger partial charge on any atom is -0.462 e. The second-order valence-corrected chi connectivity index (χ2v) is 22.0. The van der Waals surface area contributed by atoms with Gasteiger partial charge in [-0.05, 0) is 77.0 Å². The van der Waals surface area contributed by atoms with Gasteiger partial charge in [-0.15, -0.1) is 0 Å². The number of carbonyl (C=O) groups is 2. The van der Waals surface area contributed by atoms with E-state index in [9.17, 15) is 19.0 Å². The minimum absolute atomic E-state index is 0.0514. The molecule has 0 aliphatic heterocycles. The second kappa shape index (κ2) is 59.0. The van der Waals surface area contributed by atoms with Crippen molar-refractivity contribution < 1.29 is 37.6 Å². The molecule has 0 saturated heterocycles. The third kappa shape index (κ3) is 58.8. The number of hydrogen-bond acceptors (Lipinski definition) is 8. The molecule has 0 amide bonds. The lowest BCUT2D eigenvalue weighted by molar-refractivity contribution is -0.161. The number of rotatable bonds is 58. The summed E-state index contributed by atoms with van der Waals surface area (Å²) in [6.07, 6.45) is 74.6. The van der Waals surface area contributed by atoms with Crippen LogP contribution < -0.4 is 5.73 Å². The van der Waals surface area contributed by atoms with Gasteiger partial charge in [0, 0.05) is 19.4 Å². The fraction of sp³-hybridized carbons (Fsp3) is 0.810. The standard InChI is InChI=1S/C63H116NO8P/c1-3-5-7-9-11-13-15-17-18-19-20-21-22-23-24-25-26-27-28-29-30-31-32-33-34-35-36-37-38-39-40-41-42-44-46-48-50-52-54-56-63(66)72-61(60-71-73(67,68)70-58-57-64)59-69-62(65)55-53-51-49-47-45-43-16-14-12-10-8-6-4-2/h8,10,14-17,19-20,22-23,61H,3-7,9,11-13,18,21,24-60,64H2,1-2H3,(H,67,68)/b10-8-,16-14-,17-15-,20-19-,23-22-. The van der Waals surface area contributed by atoms with Crippen LogP contribution in [-0.2, 0) is 32.7 Å². The maximum Gasteiger partial charge on any atom is 0.472 e. The summed E-state index contributed by atoms with van der Waals surface area (Å²) in [6.45, 7) is 3.67. The van der Waals surface area contributed by atoms with E-state index in [1.165, 1.54) is 186 Å². The number of phosphoric ester groups is 1. The van der Waals surface area contributed by atoms with E-state index in [2.05, 4.69) is 74.6 Å². The Morgan fingerprint density at radius 3 is 1.11 bits per heavy atom. The molecule has 9 nitrogen and oxygen atoms in total. The topological polar surface area (TPSA) is 134 Å². The molecule has 2 unspecified atom stereocenters. The Balaban J connectivity index is 3.76. The maximum atomic E-state index is 12.7. The molecule has 0 aromatic carbocycles. The van der Waals surface area contributed by atoms with Crippen LogP contribution in [-0.4, -0.2) is 49.3 Å². The largest absolute Gasteiger partial charge is 0.472 e. The number of nitrogens with two attached hydrogens (primary N) is 1. The van der Waals surface area contributed by atoms with Crippen LogP contribution in [0.2, 0.25) is 0 Å². The summed E-state index contributed by atoms with van der Waals surface area (Å²) in [5.74, 6) is -0.836. The van der Waals surface area contributed by atoms with Crippen LogP contribution in [0.5, 0.6) is 0 Å². The third-order valence-corrected chi connectivity index (χ3v) is 14.3. The van der Waals surface area contributed by atoms with Crippen molar-refractivity contribution in [3.8, 4) is 0 Å². The first kappa shape index (κ1) is 70.7. The summed E-state index contributed by atoms with van der Waals surface area (Å²) in [6, 6.07) is 0. The average molecular weight is 1050 g/mol. The Morgan fingerprint density at radius 2 is 0.740 bits per heavy atom. The molecule has 0 heterocycles. The molecule has 3 N–H and O–H groups in total. The van der Waals surface area contributed by atoms with Gasteiger partial charge in [0.15, 0.2) is 6.10 Å². The van der Waals surface area contributed by atoms with Gasteiger partial charge in [0.1, 0.15) is 6.61 Å². The quantitative estimate of drug-likeness (QED) is 0.0264. The Morgan fingerprint density at radius 1 is 0.411 bits per heavy atom. The second-order valence-electron chi connectivity index (χ2n) is 20.6. The Hall–Kier alpha value is -2.29. The van der Waals surface area contributed by atoms with Crippen molar-refractivity contribution in [1.29, 1.82) is 0 Å². The van der Waals surface area contributed by atoms with Crippen molar-refractivity contribution in [2.24, 2.45) is 5.73 Å². The monoisotopic (exact) mass is 1050 g/mol. The molecule has 0 fully saturated rings. The van der Waals surface area contributed by atoms with Crippen molar-refractivity contribution in [2.75, 3.05) is 26.4 Å². The Bertz CT molecular complexity index is 1380. The number of allylic oxidation sites excluding steroid dienone is 10. The lowest BCUT2D eigenvalue weighted by Crippen LogP contribution is -2.29. The summed E-state index contributed by atoms with van der Waals surface area (Å²) in [5.41, 5.74) is 5.37. The van der Waals surface area contributed by atoms with Crippen molar-refractivity contribution in [1.82, 2.24) is 0 Å². The van der Waals surface area contributed by atoms with Gasteiger partial charge in [0.2, 0.25) is 0 Å². The molecular weight excluding hydrogens is 930 g/mol. The first-order valence-electron chi connectivity index (χ1n) is 30.8. The van der Waals surface area contributed by atoms with Gasteiger partial charge >= 0.3 is 19.8 Å². The lowest BCUT2D eigenvalue weighted by atomic mass is 10.0. The number of esters is 2. The molecule has 0 bridgehead atoms. The fourth-order valence-corrected chi connectivity index (χ4v) is 9.57. The first-order chi connectivity index (χ1) is 35.8. The molecule has 0 aromatic heterocycles. The molecule has 10 heteroatoms. The lowest BCUT2D eigenvalue weighted by Gasteiger charge is -2.19. The molecule has 73 heavy (non-hydrogen) atoms. The van der Waals surface area contributed by atoms with Gasteiger partial charge in [-0.2, -0.15) is 0 Å². The van der Waals surface area contributed by atoms with E-state index in [0.717, 1.165) is 70.6 Å². The number of hydrogen-bond donors (Lipinski definition) is 2. The predicted molar refractivity (Wildman–Crippen MR) is 312 cm³/mol. The predicted octanol–water partition coefficient (Wildman–Crippen LogP) is 19.5. The average Bonchev–Trinajstić information content (AvgIpc) is 3.38. The van der Waals surface area contributed by atoms with Crippen molar-refractivity contribution in [3.05, 3.63) is 60.8 Å². The van der Waals surface area contributed by atoms with Crippen molar-refractivity contribution in [3.63, 3.8) is 0 Å². The molecule has 0 aliphatic carbocycles. The highest BCUT2D eigenvalue weighted by Gasteiger charge is 2.26. The van der Waals surface area contributed by atoms with Crippen molar-refractivity contribution in [2.45, 2.75) is 302 Å². The number of phosphoric acid groups is 1. The summed E-state index contributed by atoms with van der Waals surface area (Å²) in [7, 11) is -4.39. The third-order valence-electron chi connectivity index (χ3n) is 13.4. The first-order valence-corrected chi connectivity index (χ1v) is 32.3. The van der Waals surface area contributed by atoms with Crippen LogP contribution in [0.4, 0.5) is 0 Å². The summed E-state index contributed by atoms with van der Waals surface area (Å²) < 4.78 is 33.0. The molecule has 0 saturated carbocycles.